The topological polar surface area (TPSA) is 81.4 Å². The predicted molar refractivity (Wildman–Crippen MR) is 111 cm³/mol. The SMILES string of the molecule is Cn1cc(S(=O)(=O)N(CCc2ccccc2)Cc2ccccc2)c(=O)n(C)c1=O. The van der Waals surface area contributed by atoms with Gasteiger partial charge >= 0.3 is 5.69 Å². The monoisotopic (exact) mass is 413 g/mol. The average molecular weight is 413 g/mol. The minimum absolute atomic E-state index is 0.127. The van der Waals surface area contributed by atoms with Crippen molar-refractivity contribution in [2.24, 2.45) is 14.1 Å². The predicted octanol–water partition coefficient (Wildman–Crippen LogP) is 1.52. The molecule has 152 valence electrons. The van der Waals surface area contributed by atoms with Crippen LogP contribution in [-0.2, 0) is 37.1 Å². The highest BCUT2D eigenvalue weighted by molar-refractivity contribution is 7.89. The molecular formula is C21H23N3O4S. The van der Waals surface area contributed by atoms with E-state index in [0.29, 0.717) is 6.42 Å². The summed E-state index contributed by atoms with van der Waals surface area (Å²) in [5, 5.41) is 0. The van der Waals surface area contributed by atoms with Crippen molar-refractivity contribution in [3.8, 4) is 0 Å². The lowest BCUT2D eigenvalue weighted by atomic mass is 10.1. The van der Waals surface area contributed by atoms with Crippen LogP contribution in [0.2, 0.25) is 0 Å². The summed E-state index contributed by atoms with van der Waals surface area (Å²) >= 11 is 0. The zero-order valence-electron chi connectivity index (χ0n) is 16.4. The smallest absolute Gasteiger partial charge is 0.302 e. The summed E-state index contributed by atoms with van der Waals surface area (Å²) < 4.78 is 30.0. The van der Waals surface area contributed by atoms with Crippen molar-refractivity contribution in [2.45, 2.75) is 17.9 Å². The molecule has 7 nitrogen and oxygen atoms in total. The summed E-state index contributed by atoms with van der Waals surface area (Å²) in [5.41, 5.74) is 0.402. The van der Waals surface area contributed by atoms with Gasteiger partial charge in [-0.3, -0.25) is 9.36 Å². The molecule has 0 amide bonds. The summed E-state index contributed by atoms with van der Waals surface area (Å²) in [6, 6.07) is 18.8. The maximum absolute atomic E-state index is 13.4. The van der Waals surface area contributed by atoms with Crippen molar-refractivity contribution in [3.63, 3.8) is 0 Å². The van der Waals surface area contributed by atoms with Crippen LogP contribution in [0.15, 0.2) is 81.3 Å². The van der Waals surface area contributed by atoms with E-state index in [4.69, 9.17) is 0 Å². The molecule has 3 rings (SSSR count). The molecule has 0 spiro atoms. The van der Waals surface area contributed by atoms with E-state index in [9.17, 15) is 18.0 Å². The quantitative estimate of drug-likeness (QED) is 0.588. The van der Waals surface area contributed by atoms with E-state index in [1.54, 1.807) is 0 Å². The highest BCUT2D eigenvalue weighted by Crippen LogP contribution is 2.16. The first-order chi connectivity index (χ1) is 13.8. The molecule has 0 aliphatic carbocycles. The van der Waals surface area contributed by atoms with Crippen molar-refractivity contribution < 1.29 is 8.42 Å². The molecule has 0 saturated carbocycles. The van der Waals surface area contributed by atoms with Crippen molar-refractivity contribution in [1.29, 1.82) is 0 Å². The lowest BCUT2D eigenvalue weighted by Gasteiger charge is -2.22. The van der Waals surface area contributed by atoms with Crippen LogP contribution in [0.3, 0.4) is 0 Å². The van der Waals surface area contributed by atoms with Gasteiger partial charge in [0.2, 0.25) is 10.0 Å². The fourth-order valence-electron chi connectivity index (χ4n) is 3.06. The standard InChI is InChI=1S/C21H23N3O4S/c1-22-16-19(20(25)23(2)21(22)26)29(27,28)24(15-18-11-7-4-8-12-18)14-13-17-9-5-3-6-10-17/h3-12,16H,13-15H2,1-2H3. The van der Waals surface area contributed by atoms with E-state index in [1.165, 1.54) is 18.4 Å². The Morgan fingerprint density at radius 1 is 0.862 bits per heavy atom. The minimum atomic E-state index is -4.12. The first-order valence-corrected chi connectivity index (χ1v) is 10.6. The van der Waals surface area contributed by atoms with Gasteiger partial charge in [-0.25, -0.2) is 13.2 Å². The average Bonchev–Trinajstić information content (AvgIpc) is 2.73. The molecule has 0 unspecified atom stereocenters. The van der Waals surface area contributed by atoms with Crippen LogP contribution in [0, 0.1) is 0 Å². The first-order valence-electron chi connectivity index (χ1n) is 9.15. The number of nitrogens with zero attached hydrogens (tertiary/aromatic N) is 3. The Morgan fingerprint density at radius 2 is 1.41 bits per heavy atom. The Labute approximate surface area is 169 Å². The lowest BCUT2D eigenvalue weighted by Crippen LogP contribution is -2.43. The van der Waals surface area contributed by atoms with Crippen LogP contribution >= 0.6 is 0 Å². The van der Waals surface area contributed by atoms with Gasteiger partial charge in [-0.2, -0.15) is 4.31 Å². The fourth-order valence-corrected chi connectivity index (χ4v) is 4.64. The van der Waals surface area contributed by atoms with Gasteiger partial charge in [0.1, 0.15) is 0 Å². The summed E-state index contributed by atoms with van der Waals surface area (Å²) in [6.45, 7) is 0.329. The second kappa shape index (κ2) is 8.59. The summed E-state index contributed by atoms with van der Waals surface area (Å²) in [6.07, 6.45) is 1.60. The Bertz CT molecular complexity index is 1200. The third kappa shape index (κ3) is 4.55. The third-order valence-corrected chi connectivity index (χ3v) is 6.55. The number of hydrogen-bond donors (Lipinski definition) is 0. The van der Waals surface area contributed by atoms with Gasteiger partial charge in [-0.05, 0) is 17.5 Å². The molecule has 2 aromatic carbocycles. The first kappa shape index (κ1) is 20.8. The second-order valence-corrected chi connectivity index (χ2v) is 8.72. The van der Waals surface area contributed by atoms with Crippen molar-refractivity contribution in [1.82, 2.24) is 13.4 Å². The highest BCUT2D eigenvalue weighted by Gasteiger charge is 2.29. The van der Waals surface area contributed by atoms with E-state index >= 15 is 0 Å². The van der Waals surface area contributed by atoms with Gasteiger partial charge < -0.3 is 4.57 Å². The number of sulfonamides is 1. The van der Waals surface area contributed by atoms with Crippen molar-refractivity contribution in [3.05, 3.63) is 98.8 Å². The molecule has 1 aromatic heterocycles. The van der Waals surface area contributed by atoms with Crippen LogP contribution in [0.1, 0.15) is 11.1 Å². The molecule has 0 N–H and O–H groups in total. The van der Waals surface area contributed by atoms with Gasteiger partial charge in [-0.1, -0.05) is 60.7 Å². The normalized spacial score (nSPS) is 11.7. The van der Waals surface area contributed by atoms with E-state index in [2.05, 4.69) is 0 Å². The zero-order valence-corrected chi connectivity index (χ0v) is 17.2. The number of benzene rings is 2. The molecular weight excluding hydrogens is 390 g/mol. The van der Waals surface area contributed by atoms with Gasteiger partial charge in [-0.15, -0.1) is 0 Å². The molecule has 0 radical (unpaired) electrons. The number of hydrogen-bond acceptors (Lipinski definition) is 4. The van der Waals surface area contributed by atoms with Gasteiger partial charge in [0, 0.05) is 33.4 Å². The molecule has 8 heteroatoms. The molecule has 0 aliphatic heterocycles. The molecule has 0 fully saturated rings. The van der Waals surface area contributed by atoms with Crippen molar-refractivity contribution in [2.75, 3.05) is 6.54 Å². The number of rotatable bonds is 7. The molecule has 3 aromatic rings. The minimum Gasteiger partial charge on any atom is -0.302 e. The van der Waals surface area contributed by atoms with E-state index < -0.39 is 26.2 Å². The maximum atomic E-state index is 13.4. The summed E-state index contributed by atoms with van der Waals surface area (Å²) in [5.74, 6) is 0. The molecule has 0 atom stereocenters. The van der Waals surface area contributed by atoms with Gasteiger partial charge in [0.25, 0.3) is 5.56 Å². The molecule has 1 heterocycles. The Kier molecular flexibility index (Phi) is 6.14. The molecule has 0 bridgehead atoms. The second-order valence-electron chi connectivity index (χ2n) is 6.81. The van der Waals surface area contributed by atoms with E-state index in [1.807, 2.05) is 60.7 Å². The van der Waals surface area contributed by atoms with Crippen LogP contribution < -0.4 is 11.2 Å². The van der Waals surface area contributed by atoms with Crippen LogP contribution in [0.5, 0.6) is 0 Å². The summed E-state index contributed by atoms with van der Waals surface area (Å²) in [4.78, 5) is 24.1. The number of aryl methyl sites for hydroxylation is 1. The Hall–Kier alpha value is -2.97. The lowest BCUT2D eigenvalue weighted by molar-refractivity contribution is 0.407. The molecule has 29 heavy (non-hydrogen) atoms. The van der Waals surface area contributed by atoms with Crippen LogP contribution in [-0.4, -0.2) is 28.4 Å². The Balaban J connectivity index is 2.02. The molecule has 0 saturated heterocycles. The maximum Gasteiger partial charge on any atom is 0.330 e. The fraction of sp³-hybridized carbons (Fsp3) is 0.238. The van der Waals surface area contributed by atoms with E-state index in [-0.39, 0.29) is 13.1 Å². The van der Waals surface area contributed by atoms with Crippen molar-refractivity contribution >= 4 is 10.0 Å². The zero-order chi connectivity index (χ0) is 21.0. The Morgan fingerprint density at radius 3 is 2.00 bits per heavy atom. The van der Waals surface area contributed by atoms with Crippen LogP contribution in [0.4, 0.5) is 0 Å². The molecule has 0 aliphatic rings. The van der Waals surface area contributed by atoms with Gasteiger partial charge in [0.15, 0.2) is 4.90 Å². The number of aromatic nitrogens is 2. The van der Waals surface area contributed by atoms with E-state index in [0.717, 1.165) is 26.5 Å². The largest absolute Gasteiger partial charge is 0.330 e. The van der Waals surface area contributed by atoms with Crippen LogP contribution in [0.25, 0.3) is 0 Å². The third-order valence-electron chi connectivity index (χ3n) is 4.73. The van der Waals surface area contributed by atoms with Gasteiger partial charge in [0.05, 0.1) is 0 Å². The highest BCUT2D eigenvalue weighted by atomic mass is 32.2. The summed E-state index contributed by atoms with van der Waals surface area (Å²) in [7, 11) is -1.43.